The van der Waals surface area contributed by atoms with E-state index in [-0.39, 0.29) is 30.7 Å². The third-order valence-electron chi connectivity index (χ3n) is 5.01. The molecule has 0 spiro atoms. The van der Waals surface area contributed by atoms with Crippen LogP contribution in [-0.4, -0.2) is 30.0 Å². The molecule has 0 saturated heterocycles. The van der Waals surface area contributed by atoms with Crippen molar-refractivity contribution in [3.05, 3.63) is 42.2 Å². The van der Waals surface area contributed by atoms with E-state index in [1.165, 1.54) is 12.8 Å². The minimum atomic E-state index is -0.0467. The van der Waals surface area contributed by atoms with Crippen molar-refractivity contribution >= 4 is 12.4 Å². The Morgan fingerprint density at radius 1 is 1.08 bits per heavy atom. The van der Waals surface area contributed by atoms with Gasteiger partial charge in [-0.2, -0.15) is 0 Å². The SMILES string of the molecule is COc1ccc([C@@H](C)O[C@@H]2CCCC[C@H]2n2ccc(O)c2)cc1OC.Cl. The Labute approximate surface area is 161 Å². The fourth-order valence-corrected chi connectivity index (χ4v) is 3.63. The van der Waals surface area contributed by atoms with Gasteiger partial charge in [-0.15, -0.1) is 12.4 Å². The lowest BCUT2D eigenvalue weighted by Crippen LogP contribution is -2.30. The zero-order valence-corrected chi connectivity index (χ0v) is 16.4. The van der Waals surface area contributed by atoms with Gasteiger partial charge in [-0.1, -0.05) is 18.9 Å². The van der Waals surface area contributed by atoms with E-state index in [0.29, 0.717) is 11.5 Å². The zero-order chi connectivity index (χ0) is 17.8. The molecule has 0 unspecified atom stereocenters. The number of halogens is 1. The molecule has 0 amide bonds. The average Bonchev–Trinajstić information content (AvgIpc) is 3.07. The van der Waals surface area contributed by atoms with Crippen LogP contribution in [0.2, 0.25) is 0 Å². The fraction of sp³-hybridized carbons (Fsp3) is 0.500. The van der Waals surface area contributed by atoms with E-state index in [2.05, 4.69) is 11.5 Å². The summed E-state index contributed by atoms with van der Waals surface area (Å²) in [7, 11) is 3.28. The van der Waals surface area contributed by atoms with E-state index in [9.17, 15) is 5.11 Å². The summed E-state index contributed by atoms with van der Waals surface area (Å²) in [5.41, 5.74) is 1.07. The Hall–Kier alpha value is -1.85. The van der Waals surface area contributed by atoms with Crippen molar-refractivity contribution in [2.45, 2.75) is 50.9 Å². The van der Waals surface area contributed by atoms with E-state index >= 15 is 0 Å². The number of rotatable bonds is 6. The highest BCUT2D eigenvalue weighted by atomic mass is 35.5. The lowest BCUT2D eigenvalue weighted by Gasteiger charge is -2.34. The summed E-state index contributed by atoms with van der Waals surface area (Å²) in [4.78, 5) is 0. The highest BCUT2D eigenvalue weighted by Crippen LogP contribution is 2.37. The molecular weight excluding hydrogens is 354 g/mol. The predicted molar refractivity (Wildman–Crippen MR) is 104 cm³/mol. The standard InChI is InChI=1S/C20H27NO4.ClH/c1-14(15-8-9-19(23-2)20(12-15)24-3)25-18-7-5-4-6-17(18)21-11-10-16(22)13-21;/h8-14,17-18,22H,4-7H2,1-3H3;1H/t14-,17-,18-;/m1./s1. The number of aromatic hydroxyl groups is 1. The molecular formula is C20H28ClNO4. The molecule has 26 heavy (non-hydrogen) atoms. The highest BCUT2D eigenvalue weighted by molar-refractivity contribution is 5.85. The fourth-order valence-electron chi connectivity index (χ4n) is 3.63. The van der Waals surface area contributed by atoms with Gasteiger partial charge in [0.2, 0.25) is 0 Å². The van der Waals surface area contributed by atoms with E-state index < -0.39 is 0 Å². The number of aromatic nitrogens is 1. The van der Waals surface area contributed by atoms with Crippen LogP contribution in [0.5, 0.6) is 17.2 Å². The Balaban J connectivity index is 0.00000243. The molecule has 1 aromatic carbocycles. The topological polar surface area (TPSA) is 52.9 Å². The molecule has 144 valence electrons. The second kappa shape index (κ2) is 9.19. The van der Waals surface area contributed by atoms with Gasteiger partial charge in [0.15, 0.2) is 11.5 Å². The second-order valence-corrected chi connectivity index (χ2v) is 6.60. The normalized spacial score (nSPS) is 20.9. The number of methoxy groups -OCH3 is 2. The van der Waals surface area contributed by atoms with Crippen LogP contribution in [0.1, 0.15) is 50.3 Å². The van der Waals surface area contributed by atoms with Crippen LogP contribution in [0, 0.1) is 0 Å². The van der Waals surface area contributed by atoms with Crippen LogP contribution in [0.25, 0.3) is 0 Å². The Bertz CT molecular complexity index is 703. The summed E-state index contributed by atoms with van der Waals surface area (Å²) < 4.78 is 19.2. The molecule has 1 heterocycles. The van der Waals surface area contributed by atoms with Crippen molar-refractivity contribution in [1.82, 2.24) is 4.57 Å². The number of ether oxygens (including phenoxy) is 3. The first-order valence-corrected chi connectivity index (χ1v) is 8.86. The van der Waals surface area contributed by atoms with Gasteiger partial charge in [-0.3, -0.25) is 0 Å². The maximum absolute atomic E-state index is 9.65. The van der Waals surface area contributed by atoms with Crippen molar-refractivity contribution < 1.29 is 19.3 Å². The Kier molecular flexibility index (Phi) is 7.23. The largest absolute Gasteiger partial charge is 0.506 e. The first-order chi connectivity index (χ1) is 12.1. The summed E-state index contributed by atoms with van der Waals surface area (Å²) in [5, 5.41) is 9.65. The van der Waals surface area contributed by atoms with Crippen LogP contribution < -0.4 is 9.47 Å². The lowest BCUT2D eigenvalue weighted by molar-refractivity contribution is -0.0496. The van der Waals surface area contributed by atoms with Crippen LogP contribution in [0.15, 0.2) is 36.7 Å². The highest BCUT2D eigenvalue weighted by Gasteiger charge is 2.29. The van der Waals surface area contributed by atoms with Crippen molar-refractivity contribution in [1.29, 1.82) is 0 Å². The van der Waals surface area contributed by atoms with E-state index in [4.69, 9.17) is 14.2 Å². The Morgan fingerprint density at radius 2 is 1.81 bits per heavy atom. The summed E-state index contributed by atoms with van der Waals surface area (Å²) in [6.45, 7) is 2.07. The molecule has 0 radical (unpaired) electrons. The van der Waals surface area contributed by atoms with Gasteiger partial charge in [0.25, 0.3) is 0 Å². The van der Waals surface area contributed by atoms with Crippen LogP contribution in [0.3, 0.4) is 0 Å². The van der Waals surface area contributed by atoms with Gasteiger partial charge in [0.1, 0.15) is 5.75 Å². The predicted octanol–water partition coefficient (Wildman–Crippen LogP) is 4.89. The van der Waals surface area contributed by atoms with Gasteiger partial charge < -0.3 is 23.9 Å². The van der Waals surface area contributed by atoms with Gasteiger partial charge in [0.05, 0.1) is 32.5 Å². The molecule has 2 aromatic rings. The van der Waals surface area contributed by atoms with Crippen LogP contribution in [-0.2, 0) is 4.74 Å². The molecule has 0 bridgehead atoms. The summed E-state index contributed by atoms with van der Waals surface area (Å²) in [6.07, 6.45) is 8.26. The smallest absolute Gasteiger partial charge is 0.161 e. The molecule has 5 nitrogen and oxygen atoms in total. The van der Waals surface area contributed by atoms with Crippen molar-refractivity contribution in [2.24, 2.45) is 0 Å². The number of nitrogens with zero attached hydrogens (tertiary/aromatic N) is 1. The van der Waals surface area contributed by atoms with Gasteiger partial charge in [-0.05, 0) is 43.5 Å². The van der Waals surface area contributed by atoms with Crippen LogP contribution in [0.4, 0.5) is 0 Å². The molecule has 1 aliphatic carbocycles. The molecule has 1 N–H and O–H groups in total. The van der Waals surface area contributed by atoms with Crippen molar-refractivity contribution in [3.63, 3.8) is 0 Å². The molecule has 6 heteroatoms. The first-order valence-electron chi connectivity index (χ1n) is 8.86. The number of hydrogen-bond acceptors (Lipinski definition) is 4. The van der Waals surface area contributed by atoms with Crippen molar-refractivity contribution in [3.8, 4) is 17.2 Å². The number of hydrogen-bond donors (Lipinski definition) is 1. The molecule has 1 aliphatic rings. The molecule has 3 atom stereocenters. The van der Waals surface area contributed by atoms with Crippen LogP contribution >= 0.6 is 12.4 Å². The summed E-state index contributed by atoms with van der Waals surface area (Å²) in [6, 6.07) is 7.89. The second-order valence-electron chi connectivity index (χ2n) is 6.60. The van der Waals surface area contributed by atoms with Gasteiger partial charge in [0, 0.05) is 12.4 Å². The lowest BCUT2D eigenvalue weighted by atomic mass is 9.92. The first kappa shape index (κ1) is 20.5. The maximum Gasteiger partial charge on any atom is 0.161 e. The third kappa shape index (κ3) is 4.46. The summed E-state index contributed by atoms with van der Waals surface area (Å²) >= 11 is 0. The van der Waals surface area contributed by atoms with E-state index in [1.54, 1.807) is 26.5 Å². The van der Waals surface area contributed by atoms with E-state index in [0.717, 1.165) is 24.2 Å². The van der Waals surface area contributed by atoms with Gasteiger partial charge in [-0.25, -0.2) is 0 Å². The third-order valence-corrected chi connectivity index (χ3v) is 5.01. The Morgan fingerprint density at radius 3 is 2.46 bits per heavy atom. The monoisotopic (exact) mass is 381 g/mol. The minimum Gasteiger partial charge on any atom is -0.506 e. The van der Waals surface area contributed by atoms with E-state index in [1.807, 2.05) is 24.4 Å². The molecule has 1 aromatic heterocycles. The maximum atomic E-state index is 9.65. The van der Waals surface area contributed by atoms with Crippen molar-refractivity contribution in [2.75, 3.05) is 14.2 Å². The van der Waals surface area contributed by atoms with Gasteiger partial charge >= 0.3 is 0 Å². The zero-order valence-electron chi connectivity index (χ0n) is 15.6. The summed E-state index contributed by atoms with van der Waals surface area (Å²) in [5.74, 6) is 1.74. The molecule has 1 fully saturated rings. The average molecular weight is 382 g/mol. The minimum absolute atomic E-state index is 0. The molecule has 1 saturated carbocycles. The quantitative estimate of drug-likeness (QED) is 0.773. The molecule has 3 rings (SSSR count). The number of benzene rings is 1. The molecule has 0 aliphatic heterocycles.